The molecule has 2 atom stereocenters. The molecule has 0 aromatic heterocycles. The van der Waals surface area contributed by atoms with Gasteiger partial charge in [-0.3, -0.25) is 0 Å². The van der Waals surface area contributed by atoms with Crippen LogP contribution >= 0.6 is 0 Å². The number of rotatable bonds is 5. The molecule has 20 heavy (non-hydrogen) atoms. The van der Waals surface area contributed by atoms with Gasteiger partial charge in [0.15, 0.2) is 0 Å². The van der Waals surface area contributed by atoms with Crippen LogP contribution < -0.4 is 5.32 Å². The molecule has 1 aliphatic heterocycles. The highest BCUT2D eigenvalue weighted by Gasteiger charge is 2.21. The molecule has 0 radical (unpaired) electrons. The molecule has 0 amide bonds. The zero-order chi connectivity index (χ0) is 14.7. The van der Waals surface area contributed by atoms with Crippen molar-refractivity contribution in [3.8, 4) is 0 Å². The first kappa shape index (κ1) is 15.5. The van der Waals surface area contributed by atoms with Crippen molar-refractivity contribution in [2.45, 2.75) is 47.1 Å². The van der Waals surface area contributed by atoms with Crippen LogP contribution in [0.2, 0.25) is 0 Å². The summed E-state index contributed by atoms with van der Waals surface area (Å²) >= 11 is 0. The lowest BCUT2D eigenvalue weighted by atomic mass is 9.96. The predicted molar refractivity (Wildman–Crippen MR) is 87.3 cm³/mol. The Bertz CT molecular complexity index is 453. The average molecular weight is 274 g/mol. The predicted octanol–water partition coefficient (Wildman–Crippen LogP) is 3.60. The van der Waals surface area contributed by atoms with Gasteiger partial charge in [-0.05, 0) is 81.9 Å². The fourth-order valence-electron chi connectivity index (χ4n) is 3.27. The summed E-state index contributed by atoms with van der Waals surface area (Å²) in [6, 6.07) is 5.12. The van der Waals surface area contributed by atoms with Gasteiger partial charge >= 0.3 is 0 Å². The van der Waals surface area contributed by atoms with Crippen LogP contribution in [0.15, 0.2) is 12.1 Å². The number of hydrogen-bond donors (Lipinski definition) is 1. The molecule has 112 valence electrons. The second-order valence-corrected chi connectivity index (χ2v) is 6.47. The Hall–Kier alpha value is -0.860. The van der Waals surface area contributed by atoms with Gasteiger partial charge in [-0.2, -0.15) is 0 Å². The summed E-state index contributed by atoms with van der Waals surface area (Å²) in [6.07, 6.45) is 1.35. The summed E-state index contributed by atoms with van der Waals surface area (Å²) < 4.78 is 0. The molecule has 0 aliphatic carbocycles. The lowest BCUT2D eigenvalue weighted by Gasteiger charge is -2.21. The van der Waals surface area contributed by atoms with Gasteiger partial charge in [-0.25, -0.2) is 0 Å². The first-order valence-electron chi connectivity index (χ1n) is 8.04. The van der Waals surface area contributed by atoms with Crippen LogP contribution in [-0.4, -0.2) is 31.1 Å². The van der Waals surface area contributed by atoms with Gasteiger partial charge in [0.2, 0.25) is 0 Å². The molecule has 1 aliphatic rings. The largest absolute Gasteiger partial charge is 0.310 e. The molecule has 2 rings (SSSR count). The molecular formula is C18H30N2. The van der Waals surface area contributed by atoms with E-state index >= 15 is 0 Å². The van der Waals surface area contributed by atoms with Crippen LogP contribution in [-0.2, 0) is 0 Å². The highest BCUT2D eigenvalue weighted by atomic mass is 15.1. The Labute approximate surface area is 124 Å². The molecule has 2 unspecified atom stereocenters. The minimum Gasteiger partial charge on any atom is -0.310 e. The van der Waals surface area contributed by atoms with Gasteiger partial charge < -0.3 is 10.2 Å². The molecule has 2 nitrogen and oxygen atoms in total. The van der Waals surface area contributed by atoms with E-state index in [1.165, 1.54) is 48.3 Å². The Balaban J connectivity index is 1.92. The van der Waals surface area contributed by atoms with Crippen LogP contribution in [0, 0.1) is 26.7 Å². The highest BCUT2D eigenvalue weighted by molar-refractivity contribution is 5.38. The van der Waals surface area contributed by atoms with Gasteiger partial charge in [-0.15, -0.1) is 0 Å². The Morgan fingerprint density at radius 1 is 1.20 bits per heavy atom. The maximum Gasteiger partial charge on any atom is 0.0294 e. The van der Waals surface area contributed by atoms with Crippen molar-refractivity contribution in [1.82, 2.24) is 10.2 Å². The second-order valence-electron chi connectivity index (χ2n) is 6.47. The quantitative estimate of drug-likeness (QED) is 0.882. The van der Waals surface area contributed by atoms with Crippen molar-refractivity contribution >= 4 is 0 Å². The smallest absolute Gasteiger partial charge is 0.0294 e. The Morgan fingerprint density at radius 2 is 1.90 bits per heavy atom. The molecule has 1 N–H and O–H groups in total. The molecule has 1 aromatic rings. The SMILES string of the molecule is CCN1CCC(CNC(C)c2cc(C)c(C)cc2C)C1. The molecule has 1 saturated heterocycles. The van der Waals surface area contributed by atoms with E-state index in [0.717, 1.165) is 12.5 Å². The summed E-state index contributed by atoms with van der Waals surface area (Å²) in [5.74, 6) is 0.823. The third-order valence-corrected chi connectivity index (χ3v) is 4.88. The standard InChI is InChI=1S/C18H30N2/c1-6-20-8-7-17(12-20)11-19-16(5)18-10-14(3)13(2)9-15(18)4/h9-10,16-17,19H,6-8,11-12H2,1-5H3. The zero-order valence-electron chi connectivity index (χ0n) is 13.8. The van der Waals surface area contributed by atoms with Gasteiger partial charge in [0, 0.05) is 12.6 Å². The van der Waals surface area contributed by atoms with Crippen molar-refractivity contribution < 1.29 is 0 Å². The van der Waals surface area contributed by atoms with Gasteiger partial charge in [-0.1, -0.05) is 19.1 Å². The normalized spacial score (nSPS) is 21.4. The van der Waals surface area contributed by atoms with Gasteiger partial charge in [0.05, 0.1) is 0 Å². The van der Waals surface area contributed by atoms with E-state index < -0.39 is 0 Å². The van der Waals surface area contributed by atoms with E-state index in [1.54, 1.807) is 0 Å². The maximum absolute atomic E-state index is 3.75. The first-order chi connectivity index (χ1) is 9.51. The fourth-order valence-corrected chi connectivity index (χ4v) is 3.27. The number of benzene rings is 1. The number of likely N-dealkylation sites (tertiary alicyclic amines) is 1. The summed E-state index contributed by atoms with van der Waals surface area (Å²) in [7, 11) is 0. The van der Waals surface area contributed by atoms with Crippen LogP contribution in [0.25, 0.3) is 0 Å². The van der Waals surface area contributed by atoms with E-state index in [-0.39, 0.29) is 0 Å². The number of nitrogens with zero attached hydrogens (tertiary/aromatic N) is 1. The molecule has 2 heteroatoms. The Morgan fingerprint density at radius 3 is 2.55 bits per heavy atom. The van der Waals surface area contributed by atoms with E-state index in [1.807, 2.05) is 0 Å². The first-order valence-corrected chi connectivity index (χ1v) is 8.04. The van der Waals surface area contributed by atoms with E-state index in [0.29, 0.717) is 6.04 Å². The van der Waals surface area contributed by atoms with Crippen molar-refractivity contribution in [2.75, 3.05) is 26.2 Å². The van der Waals surface area contributed by atoms with E-state index in [9.17, 15) is 0 Å². The van der Waals surface area contributed by atoms with Crippen LogP contribution in [0.3, 0.4) is 0 Å². The molecule has 1 aromatic carbocycles. The van der Waals surface area contributed by atoms with E-state index in [2.05, 4.69) is 57.0 Å². The second kappa shape index (κ2) is 6.73. The van der Waals surface area contributed by atoms with Crippen LogP contribution in [0.1, 0.15) is 48.6 Å². The zero-order valence-corrected chi connectivity index (χ0v) is 13.8. The minimum absolute atomic E-state index is 0.449. The number of aryl methyl sites for hydroxylation is 3. The fraction of sp³-hybridized carbons (Fsp3) is 0.667. The van der Waals surface area contributed by atoms with Crippen molar-refractivity contribution in [2.24, 2.45) is 5.92 Å². The van der Waals surface area contributed by atoms with Crippen molar-refractivity contribution in [1.29, 1.82) is 0 Å². The maximum atomic E-state index is 3.75. The average Bonchev–Trinajstić information content (AvgIpc) is 2.88. The lowest BCUT2D eigenvalue weighted by Crippen LogP contribution is -2.28. The summed E-state index contributed by atoms with van der Waals surface area (Å²) in [6.45, 7) is 16.1. The third-order valence-electron chi connectivity index (χ3n) is 4.88. The highest BCUT2D eigenvalue weighted by Crippen LogP contribution is 2.22. The summed E-state index contributed by atoms with van der Waals surface area (Å²) in [4.78, 5) is 2.55. The van der Waals surface area contributed by atoms with Crippen molar-refractivity contribution in [3.05, 3.63) is 34.4 Å². The molecule has 0 spiro atoms. The van der Waals surface area contributed by atoms with Crippen LogP contribution in [0.5, 0.6) is 0 Å². The number of nitrogens with one attached hydrogen (secondary N) is 1. The minimum atomic E-state index is 0.449. The van der Waals surface area contributed by atoms with Gasteiger partial charge in [0.1, 0.15) is 0 Å². The topological polar surface area (TPSA) is 15.3 Å². The van der Waals surface area contributed by atoms with Crippen LogP contribution in [0.4, 0.5) is 0 Å². The monoisotopic (exact) mass is 274 g/mol. The molecule has 1 fully saturated rings. The molecule has 1 heterocycles. The third kappa shape index (κ3) is 3.62. The summed E-state index contributed by atoms with van der Waals surface area (Å²) in [5, 5.41) is 3.75. The van der Waals surface area contributed by atoms with E-state index in [4.69, 9.17) is 0 Å². The Kier molecular flexibility index (Phi) is 5.22. The molecular weight excluding hydrogens is 244 g/mol. The lowest BCUT2D eigenvalue weighted by molar-refractivity contribution is 0.336. The van der Waals surface area contributed by atoms with Gasteiger partial charge in [0.25, 0.3) is 0 Å². The number of hydrogen-bond acceptors (Lipinski definition) is 2. The molecule has 0 bridgehead atoms. The van der Waals surface area contributed by atoms with Crippen molar-refractivity contribution in [3.63, 3.8) is 0 Å². The molecule has 0 saturated carbocycles. The summed E-state index contributed by atoms with van der Waals surface area (Å²) in [5.41, 5.74) is 5.67.